The molecule has 118 valence electrons. The van der Waals surface area contributed by atoms with Crippen LogP contribution in [0, 0.1) is 6.92 Å². The van der Waals surface area contributed by atoms with Gasteiger partial charge in [0.05, 0.1) is 16.4 Å². The van der Waals surface area contributed by atoms with Crippen molar-refractivity contribution in [3.63, 3.8) is 0 Å². The van der Waals surface area contributed by atoms with Crippen molar-refractivity contribution in [3.8, 4) is 11.3 Å². The number of thiazole rings is 1. The van der Waals surface area contributed by atoms with Gasteiger partial charge in [0.1, 0.15) is 6.54 Å². The Morgan fingerprint density at radius 3 is 2.61 bits per heavy atom. The second kappa shape index (κ2) is 6.29. The summed E-state index contributed by atoms with van der Waals surface area (Å²) in [5, 5.41) is 5.63. The number of carbonyl (C=O) groups excluding carboxylic acids is 3. The first-order chi connectivity index (χ1) is 11.0. The van der Waals surface area contributed by atoms with Crippen LogP contribution in [-0.2, 0) is 14.4 Å². The summed E-state index contributed by atoms with van der Waals surface area (Å²) in [4.78, 5) is 40.8. The van der Waals surface area contributed by atoms with Crippen LogP contribution in [0.1, 0.15) is 17.8 Å². The van der Waals surface area contributed by atoms with Crippen molar-refractivity contribution < 1.29 is 14.4 Å². The zero-order chi connectivity index (χ0) is 16.4. The molecule has 3 amide bonds. The van der Waals surface area contributed by atoms with E-state index in [1.807, 2.05) is 30.5 Å². The summed E-state index contributed by atoms with van der Waals surface area (Å²) in [7, 11) is 0. The molecule has 0 saturated carbocycles. The summed E-state index contributed by atoms with van der Waals surface area (Å²) in [5.74, 6) is -0.991. The smallest absolute Gasteiger partial charge is 0.244 e. The third-order valence-corrected chi connectivity index (χ3v) is 4.33. The van der Waals surface area contributed by atoms with E-state index in [9.17, 15) is 14.4 Å². The van der Waals surface area contributed by atoms with Gasteiger partial charge < -0.3 is 5.32 Å². The Morgan fingerprint density at radius 2 is 1.96 bits per heavy atom. The van der Waals surface area contributed by atoms with E-state index in [0.717, 1.165) is 21.2 Å². The van der Waals surface area contributed by atoms with Crippen molar-refractivity contribution in [2.75, 3.05) is 11.9 Å². The molecule has 3 rings (SSSR count). The molecule has 1 N–H and O–H groups in total. The molecule has 0 radical (unpaired) electrons. The van der Waals surface area contributed by atoms with E-state index in [-0.39, 0.29) is 31.2 Å². The quantitative estimate of drug-likeness (QED) is 0.872. The zero-order valence-electron chi connectivity index (χ0n) is 12.5. The number of para-hydroxylation sites is 1. The molecule has 6 nitrogen and oxygen atoms in total. The van der Waals surface area contributed by atoms with Crippen LogP contribution in [0.15, 0.2) is 29.6 Å². The number of anilines is 1. The maximum absolute atomic E-state index is 12.2. The van der Waals surface area contributed by atoms with Crippen LogP contribution in [0.4, 0.5) is 5.69 Å². The average molecular weight is 329 g/mol. The van der Waals surface area contributed by atoms with Crippen molar-refractivity contribution in [1.29, 1.82) is 0 Å². The number of hydrogen-bond acceptors (Lipinski definition) is 5. The van der Waals surface area contributed by atoms with Gasteiger partial charge in [-0.25, -0.2) is 4.98 Å². The van der Waals surface area contributed by atoms with Gasteiger partial charge in [0.2, 0.25) is 17.7 Å². The van der Waals surface area contributed by atoms with Crippen molar-refractivity contribution in [2.45, 2.75) is 19.8 Å². The van der Waals surface area contributed by atoms with E-state index in [1.54, 1.807) is 6.07 Å². The van der Waals surface area contributed by atoms with E-state index >= 15 is 0 Å². The van der Waals surface area contributed by atoms with Gasteiger partial charge in [-0.3, -0.25) is 19.3 Å². The fraction of sp³-hybridized carbons (Fsp3) is 0.250. The van der Waals surface area contributed by atoms with Gasteiger partial charge >= 0.3 is 0 Å². The van der Waals surface area contributed by atoms with E-state index in [0.29, 0.717) is 5.69 Å². The number of aryl methyl sites for hydroxylation is 1. The first kappa shape index (κ1) is 15.4. The second-order valence-corrected chi connectivity index (χ2v) is 6.28. The van der Waals surface area contributed by atoms with Gasteiger partial charge in [-0.2, -0.15) is 0 Å². The Labute approximate surface area is 137 Å². The van der Waals surface area contributed by atoms with E-state index in [1.165, 1.54) is 11.3 Å². The topological polar surface area (TPSA) is 79.4 Å². The van der Waals surface area contributed by atoms with Crippen molar-refractivity contribution >= 4 is 34.7 Å². The largest absolute Gasteiger partial charge is 0.324 e. The van der Waals surface area contributed by atoms with Crippen molar-refractivity contribution in [2.24, 2.45) is 0 Å². The fourth-order valence-corrected chi connectivity index (χ4v) is 3.05. The summed E-state index contributed by atoms with van der Waals surface area (Å²) in [5.41, 5.74) is 2.21. The number of aromatic nitrogens is 1. The van der Waals surface area contributed by atoms with Crippen LogP contribution in [0.2, 0.25) is 0 Å². The highest BCUT2D eigenvalue weighted by Gasteiger charge is 2.30. The standard InChI is InChI=1S/C16H15N3O3S/c1-10-17-13(9-23-10)11-4-2-3-5-12(11)18-14(20)8-19-15(21)6-7-16(19)22/h2-5,9H,6-8H2,1H3,(H,18,20). The molecular weight excluding hydrogens is 314 g/mol. The summed E-state index contributed by atoms with van der Waals surface area (Å²) in [6, 6.07) is 7.32. The minimum absolute atomic E-state index is 0.181. The molecule has 23 heavy (non-hydrogen) atoms. The molecule has 0 unspecified atom stereocenters. The molecule has 1 aromatic heterocycles. The predicted octanol–water partition coefficient (Wildman–Crippen LogP) is 2.21. The molecule has 1 aliphatic rings. The third-order valence-electron chi connectivity index (χ3n) is 3.55. The maximum atomic E-state index is 12.2. The highest BCUT2D eigenvalue weighted by Crippen LogP contribution is 2.28. The number of benzene rings is 1. The summed E-state index contributed by atoms with van der Waals surface area (Å²) in [6.45, 7) is 1.67. The molecule has 1 saturated heterocycles. The molecule has 1 aromatic carbocycles. The van der Waals surface area contributed by atoms with Gasteiger partial charge in [0.15, 0.2) is 0 Å². The highest BCUT2D eigenvalue weighted by atomic mass is 32.1. The molecule has 0 spiro atoms. The Bertz CT molecular complexity index is 768. The van der Waals surface area contributed by atoms with Crippen molar-refractivity contribution in [3.05, 3.63) is 34.7 Å². The van der Waals surface area contributed by atoms with Gasteiger partial charge in [0.25, 0.3) is 0 Å². The van der Waals surface area contributed by atoms with Crippen LogP contribution < -0.4 is 5.32 Å². The monoisotopic (exact) mass is 329 g/mol. The summed E-state index contributed by atoms with van der Waals surface area (Å²) in [6.07, 6.45) is 0.363. The number of amides is 3. The number of carbonyl (C=O) groups is 3. The van der Waals surface area contributed by atoms with E-state index in [4.69, 9.17) is 0 Å². The third kappa shape index (κ3) is 3.29. The minimum Gasteiger partial charge on any atom is -0.324 e. The number of nitrogens with zero attached hydrogens (tertiary/aromatic N) is 2. The number of hydrogen-bond donors (Lipinski definition) is 1. The number of nitrogens with one attached hydrogen (secondary N) is 1. The van der Waals surface area contributed by atoms with Crippen molar-refractivity contribution in [1.82, 2.24) is 9.88 Å². The molecule has 0 bridgehead atoms. The molecule has 0 atom stereocenters. The molecular formula is C16H15N3O3S. The summed E-state index contributed by atoms with van der Waals surface area (Å²) < 4.78 is 0. The average Bonchev–Trinajstić information content (AvgIpc) is 3.08. The Morgan fingerprint density at radius 1 is 1.26 bits per heavy atom. The number of imide groups is 1. The van der Waals surface area contributed by atoms with Crippen LogP contribution in [0.5, 0.6) is 0 Å². The lowest BCUT2D eigenvalue weighted by molar-refractivity contribution is -0.141. The minimum atomic E-state index is -0.395. The second-order valence-electron chi connectivity index (χ2n) is 5.22. The first-order valence-corrected chi connectivity index (χ1v) is 8.07. The lowest BCUT2D eigenvalue weighted by Gasteiger charge is -2.14. The molecule has 2 heterocycles. The van der Waals surface area contributed by atoms with Gasteiger partial charge in [-0.15, -0.1) is 11.3 Å². The van der Waals surface area contributed by atoms with Crippen LogP contribution >= 0.6 is 11.3 Å². The Balaban J connectivity index is 1.77. The Hall–Kier alpha value is -2.54. The number of rotatable bonds is 4. The molecule has 7 heteroatoms. The summed E-state index contributed by atoms with van der Waals surface area (Å²) >= 11 is 1.53. The molecule has 0 aliphatic carbocycles. The molecule has 1 fully saturated rings. The normalized spacial score (nSPS) is 14.4. The fourth-order valence-electron chi connectivity index (χ4n) is 2.44. The molecule has 1 aliphatic heterocycles. The van der Waals surface area contributed by atoms with Gasteiger partial charge in [0, 0.05) is 23.8 Å². The van der Waals surface area contributed by atoms with Gasteiger partial charge in [-0.1, -0.05) is 18.2 Å². The van der Waals surface area contributed by atoms with E-state index < -0.39 is 5.91 Å². The zero-order valence-corrected chi connectivity index (χ0v) is 13.4. The van der Waals surface area contributed by atoms with Gasteiger partial charge in [-0.05, 0) is 13.0 Å². The molecule has 2 aromatic rings. The van der Waals surface area contributed by atoms with Crippen LogP contribution in [0.25, 0.3) is 11.3 Å². The predicted molar refractivity (Wildman–Crippen MR) is 86.9 cm³/mol. The lowest BCUT2D eigenvalue weighted by Crippen LogP contribution is -2.36. The first-order valence-electron chi connectivity index (χ1n) is 7.19. The van der Waals surface area contributed by atoms with Crippen LogP contribution in [-0.4, -0.2) is 34.2 Å². The van der Waals surface area contributed by atoms with Crippen LogP contribution in [0.3, 0.4) is 0 Å². The van der Waals surface area contributed by atoms with E-state index in [2.05, 4.69) is 10.3 Å². The maximum Gasteiger partial charge on any atom is 0.244 e. The SMILES string of the molecule is Cc1nc(-c2ccccc2NC(=O)CN2C(=O)CCC2=O)cs1. The lowest BCUT2D eigenvalue weighted by atomic mass is 10.1. The highest BCUT2D eigenvalue weighted by molar-refractivity contribution is 7.09. The number of likely N-dealkylation sites (tertiary alicyclic amines) is 1. The Kier molecular flexibility index (Phi) is 4.20.